The van der Waals surface area contributed by atoms with Gasteiger partial charge in [0.2, 0.25) is 0 Å². The van der Waals surface area contributed by atoms with Gasteiger partial charge in [0, 0.05) is 11.9 Å². The molecule has 0 aliphatic heterocycles. The molecule has 0 aliphatic carbocycles. The molecule has 0 saturated carbocycles. The lowest BCUT2D eigenvalue weighted by molar-refractivity contribution is 1.07. The summed E-state index contributed by atoms with van der Waals surface area (Å²) in [6, 6.07) is 12.2. The summed E-state index contributed by atoms with van der Waals surface area (Å²) in [5, 5.41) is 0.944. The van der Waals surface area contributed by atoms with Crippen molar-refractivity contribution < 1.29 is 0 Å². The van der Waals surface area contributed by atoms with Crippen molar-refractivity contribution in [2.45, 2.75) is 17.8 Å². The molecule has 3 aromatic rings. The van der Waals surface area contributed by atoms with Crippen molar-refractivity contribution in [2.75, 3.05) is 0 Å². The quantitative estimate of drug-likeness (QED) is 0.728. The van der Waals surface area contributed by atoms with Crippen LogP contribution in [0.3, 0.4) is 0 Å². The third-order valence-electron chi connectivity index (χ3n) is 2.70. The van der Waals surface area contributed by atoms with E-state index in [1.54, 1.807) is 11.8 Å². The molecule has 0 amide bonds. The van der Waals surface area contributed by atoms with E-state index in [0.29, 0.717) is 0 Å². The number of para-hydroxylation sites is 2. The summed E-state index contributed by atoms with van der Waals surface area (Å²) in [5.74, 6) is 0.835. The molecule has 90 valence electrons. The van der Waals surface area contributed by atoms with E-state index in [1.807, 2.05) is 36.5 Å². The van der Waals surface area contributed by atoms with Crippen LogP contribution in [0.4, 0.5) is 0 Å². The predicted molar refractivity (Wildman–Crippen MR) is 74.6 cm³/mol. The lowest BCUT2D eigenvalue weighted by Crippen LogP contribution is -1.87. The standard InChI is InChI=1S/C14H13N3S/c1-10-6-7-15-11(8-10)9-18-14-16-12-4-2-3-5-13(12)17-14/h2-8H,9H2,1H3,(H,16,17). The number of aryl methyl sites for hydroxylation is 1. The maximum Gasteiger partial charge on any atom is 0.166 e. The van der Waals surface area contributed by atoms with Gasteiger partial charge >= 0.3 is 0 Å². The second-order valence-corrected chi connectivity index (χ2v) is 5.14. The van der Waals surface area contributed by atoms with Crippen LogP contribution in [0.1, 0.15) is 11.3 Å². The van der Waals surface area contributed by atoms with E-state index >= 15 is 0 Å². The number of aromatic nitrogens is 3. The van der Waals surface area contributed by atoms with Crippen molar-refractivity contribution in [2.24, 2.45) is 0 Å². The van der Waals surface area contributed by atoms with E-state index in [0.717, 1.165) is 27.6 Å². The molecule has 2 heterocycles. The van der Waals surface area contributed by atoms with Crippen molar-refractivity contribution in [3.8, 4) is 0 Å². The third-order valence-corrected chi connectivity index (χ3v) is 3.60. The summed E-state index contributed by atoms with van der Waals surface area (Å²) in [6.07, 6.45) is 1.85. The molecule has 0 unspecified atom stereocenters. The largest absolute Gasteiger partial charge is 0.333 e. The van der Waals surface area contributed by atoms with Gasteiger partial charge in [0.25, 0.3) is 0 Å². The molecule has 0 atom stereocenters. The zero-order chi connectivity index (χ0) is 12.4. The number of thioether (sulfide) groups is 1. The molecule has 1 N–H and O–H groups in total. The van der Waals surface area contributed by atoms with Crippen LogP contribution >= 0.6 is 11.8 Å². The summed E-state index contributed by atoms with van der Waals surface area (Å²) in [7, 11) is 0. The first-order chi connectivity index (χ1) is 8.81. The van der Waals surface area contributed by atoms with Crippen molar-refractivity contribution >= 4 is 22.8 Å². The van der Waals surface area contributed by atoms with Crippen molar-refractivity contribution in [1.29, 1.82) is 0 Å². The molecule has 4 heteroatoms. The van der Waals surface area contributed by atoms with Gasteiger partial charge in [-0.25, -0.2) is 4.98 Å². The molecule has 0 aliphatic rings. The minimum absolute atomic E-state index is 0.835. The summed E-state index contributed by atoms with van der Waals surface area (Å²) in [6.45, 7) is 2.08. The van der Waals surface area contributed by atoms with Gasteiger partial charge in [0.1, 0.15) is 0 Å². The van der Waals surface area contributed by atoms with Gasteiger partial charge < -0.3 is 4.98 Å². The number of fused-ring (bicyclic) bond motifs is 1. The van der Waals surface area contributed by atoms with Gasteiger partial charge in [0.15, 0.2) is 5.16 Å². The van der Waals surface area contributed by atoms with Crippen LogP contribution in [-0.2, 0) is 5.75 Å². The van der Waals surface area contributed by atoms with Crippen LogP contribution in [0.2, 0.25) is 0 Å². The summed E-state index contributed by atoms with van der Waals surface area (Å²) < 4.78 is 0. The highest BCUT2D eigenvalue weighted by Gasteiger charge is 2.03. The van der Waals surface area contributed by atoms with Gasteiger partial charge in [0.05, 0.1) is 16.7 Å². The van der Waals surface area contributed by atoms with Gasteiger partial charge in [-0.1, -0.05) is 23.9 Å². The van der Waals surface area contributed by atoms with Gasteiger partial charge in [-0.05, 0) is 36.8 Å². The Morgan fingerprint density at radius 3 is 2.94 bits per heavy atom. The van der Waals surface area contributed by atoms with E-state index in [-0.39, 0.29) is 0 Å². The van der Waals surface area contributed by atoms with Gasteiger partial charge in [-0.15, -0.1) is 0 Å². The fourth-order valence-corrected chi connectivity index (χ4v) is 2.61. The number of pyridine rings is 1. The molecule has 3 nitrogen and oxygen atoms in total. The van der Waals surface area contributed by atoms with Crippen LogP contribution in [0.5, 0.6) is 0 Å². The number of benzene rings is 1. The minimum Gasteiger partial charge on any atom is -0.333 e. The second-order valence-electron chi connectivity index (χ2n) is 4.17. The van der Waals surface area contributed by atoms with Crippen LogP contribution in [0, 0.1) is 6.92 Å². The zero-order valence-electron chi connectivity index (χ0n) is 10.1. The Balaban J connectivity index is 1.76. The number of hydrogen-bond donors (Lipinski definition) is 1. The molecule has 0 fully saturated rings. The lowest BCUT2D eigenvalue weighted by atomic mass is 10.3. The van der Waals surface area contributed by atoms with Crippen molar-refractivity contribution in [3.05, 3.63) is 53.9 Å². The Morgan fingerprint density at radius 1 is 1.22 bits per heavy atom. The maximum atomic E-state index is 4.53. The summed E-state index contributed by atoms with van der Waals surface area (Å²) in [5.41, 5.74) is 4.42. The second kappa shape index (κ2) is 4.82. The monoisotopic (exact) mass is 255 g/mol. The van der Waals surface area contributed by atoms with E-state index < -0.39 is 0 Å². The highest BCUT2D eigenvalue weighted by atomic mass is 32.2. The van der Waals surface area contributed by atoms with E-state index in [9.17, 15) is 0 Å². The van der Waals surface area contributed by atoms with Gasteiger partial charge in [-0.2, -0.15) is 0 Å². The Bertz CT molecular complexity index is 642. The van der Waals surface area contributed by atoms with Crippen molar-refractivity contribution in [1.82, 2.24) is 15.0 Å². The van der Waals surface area contributed by atoms with Crippen LogP contribution in [0.25, 0.3) is 11.0 Å². The van der Waals surface area contributed by atoms with Crippen molar-refractivity contribution in [3.63, 3.8) is 0 Å². The highest BCUT2D eigenvalue weighted by molar-refractivity contribution is 7.98. The number of nitrogens with one attached hydrogen (secondary N) is 1. The topological polar surface area (TPSA) is 41.6 Å². The van der Waals surface area contributed by atoms with E-state index in [4.69, 9.17) is 0 Å². The molecule has 0 spiro atoms. The predicted octanol–water partition coefficient (Wildman–Crippen LogP) is 3.56. The fourth-order valence-electron chi connectivity index (χ4n) is 1.82. The molecule has 1 aromatic carbocycles. The number of imidazole rings is 1. The van der Waals surface area contributed by atoms with Crippen LogP contribution < -0.4 is 0 Å². The SMILES string of the molecule is Cc1ccnc(CSc2nc3ccccc3[nH]2)c1. The van der Waals surface area contributed by atoms with E-state index in [2.05, 4.69) is 27.9 Å². The number of H-pyrrole nitrogens is 1. The first kappa shape index (κ1) is 11.3. The van der Waals surface area contributed by atoms with Gasteiger partial charge in [-0.3, -0.25) is 4.98 Å². The Morgan fingerprint density at radius 2 is 2.11 bits per heavy atom. The lowest BCUT2D eigenvalue weighted by Gasteiger charge is -1.99. The Hall–Kier alpha value is -1.81. The molecular weight excluding hydrogens is 242 g/mol. The molecule has 18 heavy (non-hydrogen) atoms. The molecule has 0 bridgehead atoms. The third kappa shape index (κ3) is 2.38. The number of aromatic amines is 1. The summed E-state index contributed by atoms with van der Waals surface area (Å²) >= 11 is 1.68. The minimum atomic E-state index is 0.835. The molecule has 2 aromatic heterocycles. The molecular formula is C14H13N3S. The number of rotatable bonds is 3. The first-order valence-corrected chi connectivity index (χ1v) is 6.79. The Labute approximate surface area is 110 Å². The molecule has 0 saturated heterocycles. The molecule has 0 radical (unpaired) electrons. The Kier molecular flexibility index (Phi) is 3.02. The van der Waals surface area contributed by atoms with Crippen LogP contribution in [-0.4, -0.2) is 15.0 Å². The highest BCUT2D eigenvalue weighted by Crippen LogP contribution is 2.22. The zero-order valence-corrected chi connectivity index (χ0v) is 10.9. The smallest absolute Gasteiger partial charge is 0.166 e. The van der Waals surface area contributed by atoms with Crippen LogP contribution in [0.15, 0.2) is 47.8 Å². The average molecular weight is 255 g/mol. The fraction of sp³-hybridized carbons (Fsp3) is 0.143. The van der Waals surface area contributed by atoms with E-state index in [1.165, 1.54) is 5.56 Å². The maximum absolute atomic E-state index is 4.53. The number of nitrogens with zero attached hydrogens (tertiary/aromatic N) is 2. The molecule has 3 rings (SSSR count). The normalized spacial score (nSPS) is 10.9. The summed E-state index contributed by atoms with van der Waals surface area (Å²) in [4.78, 5) is 12.2. The number of hydrogen-bond acceptors (Lipinski definition) is 3. The average Bonchev–Trinajstić information content (AvgIpc) is 2.79. The first-order valence-electron chi connectivity index (χ1n) is 5.80.